The lowest BCUT2D eigenvalue weighted by Crippen LogP contribution is -2.21. The third-order valence-corrected chi connectivity index (χ3v) is 6.88. The van der Waals surface area contributed by atoms with Gasteiger partial charge in [-0.25, -0.2) is 5.43 Å². The van der Waals surface area contributed by atoms with E-state index in [1.165, 1.54) is 23.5 Å². The van der Waals surface area contributed by atoms with Gasteiger partial charge in [0.25, 0.3) is 5.91 Å². The quantitative estimate of drug-likeness (QED) is 0.226. The molecule has 3 aromatic rings. The van der Waals surface area contributed by atoms with Crippen molar-refractivity contribution in [2.24, 2.45) is 5.10 Å². The summed E-state index contributed by atoms with van der Waals surface area (Å²) in [5, 5.41) is 23.7. The molecule has 0 aliphatic rings. The van der Waals surface area contributed by atoms with E-state index in [0.29, 0.717) is 17.3 Å². The number of hydrogen-bond donors (Lipinski definition) is 2. The van der Waals surface area contributed by atoms with Crippen LogP contribution in [0.5, 0.6) is 5.75 Å². The van der Waals surface area contributed by atoms with Crippen LogP contribution in [0.15, 0.2) is 52.7 Å². The molecule has 0 fully saturated rings. The van der Waals surface area contributed by atoms with Crippen molar-refractivity contribution in [3.05, 3.63) is 53.6 Å². The number of carbonyl (C=O) groups excluding carboxylic acids is 1. The number of hydrazone groups is 1. The van der Waals surface area contributed by atoms with Crippen molar-refractivity contribution in [2.75, 3.05) is 23.7 Å². The number of rotatable bonds is 10. The van der Waals surface area contributed by atoms with Crippen LogP contribution in [0.3, 0.4) is 0 Å². The lowest BCUT2D eigenvalue weighted by molar-refractivity contribution is -0.118. The molecule has 0 atom stereocenters. The van der Waals surface area contributed by atoms with E-state index in [-0.39, 0.29) is 22.8 Å². The summed E-state index contributed by atoms with van der Waals surface area (Å²) in [6.07, 6.45) is 1.44. The van der Waals surface area contributed by atoms with E-state index in [1.807, 2.05) is 17.6 Å². The molecule has 9 heteroatoms. The first-order valence-corrected chi connectivity index (χ1v) is 13.2. The first-order chi connectivity index (χ1) is 17.2. The number of aromatic hydroxyl groups is 1. The minimum Gasteiger partial charge on any atom is -0.507 e. The number of aromatic nitrogens is 3. The van der Waals surface area contributed by atoms with E-state index in [1.54, 1.807) is 12.1 Å². The average Bonchev–Trinajstić information content (AvgIpc) is 3.27. The number of benzene rings is 2. The minimum atomic E-state index is -0.266. The molecule has 2 aromatic carbocycles. The second-order valence-electron chi connectivity index (χ2n) is 9.38. The van der Waals surface area contributed by atoms with Gasteiger partial charge < -0.3 is 14.6 Å². The molecule has 0 bridgehead atoms. The predicted molar refractivity (Wildman–Crippen MR) is 148 cm³/mol. The maximum absolute atomic E-state index is 12.3. The number of thioether (sulfide) groups is 1. The predicted octanol–water partition coefficient (Wildman–Crippen LogP) is 5.06. The summed E-state index contributed by atoms with van der Waals surface area (Å²) in [5.74, 6) is 0.774. The van der Waals surface area contributed by atoms with E-state index >= 15 is 0 Å². The number of anilines is 1. The zero-order valence-corrected chi connectivity index (χ0v) is 22.8. The number of amides is 1. The lowest BCUT2D eigenvalue weighted by atomic mass is 9.87. The Labute approximate surface area is 217 Å². The number of nitrogens with one attached hydrogen (secondary N) is 1. The molecule has 0 spiro atoms. The van der Waals surface area contributed by atoms with Gasteiger partial charge in [-0.05, 0) is 43.9 Å². The van der Waals surface area contributed by atoms with Gasteiger partial charge in [0.1, 0.15) is 5.75 Å². The highest BCUT2D eigenvalue weighted by atomic mass is 32.2. The topological polar surface area (TPSA) is 95.6 Å². The minimum absolute atomic E-state index is 0.0846. The van der Waals surface area contributed by atoms with Crippen LogP contribution >= 0.6 is 11.8 Å². The molecule has 36 heavy (non-hydrogen) atoms. The molecule has 192 valence electrons. The van der Waals surface area contributed by atoms with Crippen molar-refractivity contribution >= 4 is 29.6 Å². The molecule has 0 aliphatic heterocycles. The van der Waals surface area contributed by atoms with E-state index < -0.39 is 0 Å². The Morgan fingerprint density at radius 1 is 1.11 bits per heavy atom. The molecule has 0 unspecified atom stereocenters. The van der Waals surface area contributed by atoms with Gasteiger partial charge in [-0.2, -0.15) is 5.10 Å². The van der Waals surface area contributed by atoms with E-state index in [9.17, 15) is 9.90 Å². The largest absolute Gasteiger partial charge is 0.507 e. The highest BCUT2D eigenvalue weighted by molar-refractivity contribution is 7.99. The van der Waals surface area contributed by atoms with E-state index in [2.05, 4.69) is 84.5 Å². The van der Waals surface area contributed by atoms with Gasteiger partial charge in [-0.1, -0.05) is 56.8 Å². The number of carbonyl (C=O) groups is 1. The fraction of sp³-hybridized carbons (Fsp3) is 0.407. The van der Waals surface area contributed by atoms with Crippen LogP contribution in [0.25, 0.3) is 11.4 Å². The third kappa shape index (κ3) is 6.66. The Bertz CT molecular complexity index is 1190. The molecule has 1 amide bonds. The van der Waals surface area contributed by atoms with Crippen LogP contribution in [-0.2, 0) is 16.8 Å². The summed E-state index contributed by atoms with van der Waals surface area (Å²) >= 11 is 1.31. The third-order valence-electron chi connectivity index (χ3n) is 5.91. The van der Waals surface area contributed by atoms with E-state index in [4.69, 9.17) is 0 Å². The molecule has 8 nitrogen and oxygen atoms in total. The Hall–Kier alpha value is -3.33. The van der Waals surface area contributed by atoms with Gasteiger partial charge >= 0.3 is 0 Å². The van der Waals surface area contributed by atoms with Gasteiger partial charge in [0.15, 0.2) is 11.0 Å². The average molecular weight is 509 g/mol. The maximum atomic E-state index is 12.3. The Kier molecular flexibility index (Phi) is 9.14. The normalized spacial score (nSPS) is 11.7. The van der Waals surface area contributed by atoms with Crippen molar-refractivity contribution in [3.8, 4) is 17.1 Å². The fourth-order valence-electron chi connectivity index (χ4n) is 3.78. The van der Waals surface area contributed by atoms with Crippen molar-refractivity contribution in [1.29, 1.82) is 0 Å². The van der Waals surface area contributed by atoms with Crippen molar-refractivity contribution in [3.63, 3.8) is 0 Å². The summed E-state index contributed by atoms with van der Waals surface area (Å²) in [5.41, 5.74) is 6.33. The summed E-state index contributed by atoms with van der Waals surface area (Å²) < 4.78 is 2.00. The van der Waals surface area contributed by atoms with Gasteiger partial charge in [-0.3, -0.25) is 4.79 Å². The number of hydrogen-bond acceptors (Lipinski definition) is 7. The highest BCUT2D eigenvalue weighted by Crippen LogP contribution is 2.28. The molecular weight excluding hydrogens is 472 g/mol. The Morgan fingerprint density at radius 3 is 2.39 bits per heavy atom. The number of phenols is 1. The molecule has 2 N–H and O–H groups in total. The first kappa shape index (κ1) is 27.3. The van der Waals surface area contributed by atoms with Crippen LogP contribution in [0.2, 0.25) is 0 Å². The molecule has 1 heterocycles. The second kappa shape index (κ2) is 12.1. The second-order valence-corrected chi connectivity index (χ2v) is 10.3. The standard InChI is InChI=1S/C27H36N6O2S/c1-7-32(8-2)22-15-12-20(23(34)16-22)17-28-29-24(35)18-36-26-31-30-25(33(26)9-3)19-10-13-21(14-11-19)27(4,5)6/h10-17,34H,7-9,18H2,1-6H3,(H,29,35)/b28-17+. The zero-order chi connectivity index (χ0) is 26.3. The molecule has 0 saturated carbocycles. The molecule has 0 saturated heterocycles. The molecule has 0 aliphatic carbocycles. The first-order valence-electron chi connectivity index (χ1n) is 12.2. The van der Waals surface area contributed by atoms with Crippen LogP contribution in [0.1, 0.15) is 52.7 Å². The molecule has 1 aromatic heterocycles. The molecule has 3 rings (SSSR count). The SMILES string of the molecule is CCN(CC)c1ccc(/C=N/NC(=O)CSc2nnc(-c3ccc(C(C)(C)C)cc3)n2CC)c(O)c1. The van der Waals surface area contributed by atoms with Gasteiger partial charge in [-0.15, -0.1) is 10.2 Å². The van der Waals surface area contributed by atoms with Crippen LogP contribution in [0.4, 0.5) is 5.69 Å². The van der Waals surface area contributed by atoms with E-state index in [0.717, 1.165) is 30.2 Å². The Morgan fingerprint density at radius 2 is 1.81 bits per heavy atom. The van der Waals surface area contributed by atoms with Crippen molar-refractivity contribution < 1.29 is 9.90 Å². The zero-order valence-electron chi connectivity index (χ0n) is 21.9. The number of nitrogens with zero attached hydrogens (tertiary/aromatic N) is 5. The van der Waals surface area contributed by atoms with Crippen molar-refractivity contribution in [1.82, 2.24) is 20.2 Å². The summed E-state index contributed by atoms with van der Waals surface area (Å²) in [6.45, 7) is 15.1. The molecular formula is C27H36N6O2S. The molecule has 0 radical (unpaired) electrons. The van der Waals surface area contributed by atoms with Crippen molar-refractivity contribution in [2.45, 2.75) is 58.7 Å². The van der Waals surface area contributed by atoms with Gasteiger partial charge in [0, 0.05) is 42.5 Å². The number of phenolic OH excluding ortho intramolecular Hbond substituents is 1. The van der Waals surface area contributed by atoms with Crippen LogP contribution in [-0.4, -0.2) is 50.8 Å². The van der Waals surface area contributed by atoms with Crippen LogP contribution < -0.4 is 10.3 Å². The summed E-state index contributed by atoms with van der Waals surface area (Å²) in [6, 6.07) is 13.8. The summed E-state index contributed by atoms with van der Waals surface area (Å²) in [7, 11) is 0. The monoisotopic (exact) mass is 508 g/mol. The fourth-order valence-corrected chi connectivity index (χ4v) is 4.57. The maximum Gasteiger partial charge on any atom is 0.250 e. The smallest absolute Gasteiger partial charge is 0.250 e. The lowest BCUT2D eigenvalue weighted by Gasteiger charge is -2.21. The Balaban J connectivity index is 1.60. The van der Waals surface area contributed by atoms with Crippen LogP contribution in [0, 0.1) is 0 Å². The summed E-state index contributed by atoms with van der Waals surface area (Å²) in [4.78, 5) is 14.5. The highest BCUT2D eigenvalue weighted by Gasteiger charge is 2.17. The van der Waals surface area contributed by atoms with Gasteiger partial charge in [0.2, 0.25) is 0 Å². The van der Waals surface area contributed by atoms with Gasteiger partial charge in [0.05, 0.1) is 12.0 Å².